The van der Waals surface area contributed by atoms with Crippen molar-refractivity contribution in [1.29, 1.82) is 0 Å². The van der Waals surface area contributed by atoms with E-state index in [0.29, 0.717) is 5.56 Å². The molecule has 0 aliphatic heterocycles. The van der Waals surface area contributed by atoms with Crippen LogP contribution in [-0.2, 0) is 19.2 Å². The minimum atomic E-state index is -1.20. The average molecular weight is 629 g/mol. The third kappa shape index (κ3) is 8.60. The maximum absolute atomic E-state index is 15.4. The second-order valence-electron chi connectivity index (χ2n) is 10.2. The van der Waals surface area contributed by atoms with Gasteiger partial charge in [-0.2, -0.15) is 0 Å². The smallest absolute Gasteiger partial charge is 0.338 e. The first-order valence-electron chi connectivity index (χ1n) is 13.5. The molecule has 0 aromatic heterocycles. The molecule has 0 atom stereocenters. The van der Waals surface area contributed by atoms with Gasteiger partial charge in [0.05, 0.1) is 0 Å². The van der Waals surface area contributed by atoms with Crippen LogP contribution >= 0.6 is 0 Å². The van der Waals surface area contributed by atoms with Crippen LogP contribution in [0.1, 0.15) is 38.8 Å². The average Bonchev–Trinajstić information content (AvgIpc) is 2.99. The first kappa shape index (κ1) is 34.6. The van der Waals surface area contributed by atoms with E-state index in [2.05, 4.69) is 26.3 Å². The fourth-order valence-electron chi connectivity index (χ4n) is 3.48. The van der Waals surface area contributed by atoms with Gasteiger partial charge in [-0.1, -0.05) is 62.7 Å². The number of rotatable bonds is 11. The lowest BCUT2D eigenvalue weighted by atomic mass is 10.0. The zero-order valence-corrected chi connectivity index (χ0v) is 25.6. The number of benzene rings is 3. The number of halogens is 2. The van der Waals surface area contributed by atoms with Crippen molar-refractivity contribution in [1.82, 2.24) is 0 Å². The van der Waals surface area contributed by atoms with Crippen LogP contribution in [-0.4, -0.2) is 23.9 Å². The largest absolute Gasteiger partial charge is 0.419 e. The summed E-state index contributed by atoms with van der Waals surface area (Å²) in [5, 5.41) is 0. The molecule has 0 amide bonds. The molecule has 3 aromatic carbocycles. The summed E-state index contributed by atoms with van der Waals surface area (Å²) in [7, 11) is 0. The number of hydrogen-bond donors (Lipinski definition) is 0. The summed E-state index contributed by atoms with van der Waals surface area (Å²) in [6.07, 6.45) is 2.72. The van der Waals surface area contributed by atoms with E-state index in [0.717, 1.165) is 0 Å². The van der Waals surface area contributed by atoms with Crippen LogP contribution < -0.4 is 18.9 Å². The molecule has 0 radical (unpaired) electrons. The molecular weight excluding hydrogens is 598 g/mol. The SMILES string of the molecule is C=C(C)C(=O)Oc1ccc(/C=C/c2ccc(-c3ccc(OC(=O)C(=C)C)c(OC(=O)C(=C)C)c3)c(F)c2F)cc1OC(=O)C(=C)C. The van der Waals surface area contributed by atoms with Crippen LogP contribution in [0.15, 0.2) is 97.1 Å². The minimum absolute atomic E-state index is 0.0552. The van der Waals surface area contributed by atoms with Gasteiger partial charge >= 0.3 is 23.9 Å². The molecule has 0 bridgehead atoms. The molecule has 0 N–H and O–H groups in total. The minimum Gasteiger partial charge on any atom is -0.419 e. The Morgan fingerprint density at radius 1 is 0.543 bits per heavy atom. The van der Waals surface area contributed by atoms with Crippen molar-refractivity contribution >= 4 is 36.0 Å². The van der Waals surface area contributed by atoms with Gasteiger partial charge in [0.1, 0.15) is 0 Å². The van der Waals surface area contributed by atoms with Crippen LogP contribution in [0.4, 0.5) is 8.78 Å². The van der Waals surface area contributed by atoms with Crippen LogP contribution in [0.3, 0.4) is 0 Å². The van der Waals surface area contributed by atoms with Gasteiger partial charge in [0.25, 0.3) is 0 Å². The molecular formula is C36H30F2O8. The highest BCUT2D eigenvalue weighted by atomic mass is 19.2. The summed E-state index contributed by atoms with van der Waals surface area (Å²) in [5.74, 6) is -6.02. The Labute approximate surface area is 264 Å². The monoisotopic (exact) mass is 628 g/mol. The van der Waals surface area contributed by atoms with Gasteiger partial charge in [0, 0.05) is 33.4 Å². The summed E-state index contributed by atoms with van der Waals surface area (Å²) in [6.45, 7) is 19.8. The summed E-state index contributed by atoms with van der Waals surface area (Å²) < 4.78 is 51.7. The van der Waals surface area contributed by atoms with E-state index >= 15 is 8.78 Å². The Hall–Kier alpha value is -5.90. The van der Waals surface area contributed by atoms with Crippen LogP contribution in [0, 0.1) is 11.6 Å². The zero-order valence-electron chi connectivity index (χ0n) is 25.6. The third-order valence-electron chi connectivity index (χ3n) is 5.99. The first-order chi connectivity index (χ1) is 21.6. The lowest BCUT2D eigenvalue weighted by Gasteiger charge is -2.13. The van der Waals surface area contributed by atoms with Crippen LogP contribution in [0.25, 0.3) is 23.3 Å². The van der Waals surface area contributed by atoms with E-state index in [1.54, 1.807) is 0 Å². The molecule has 8 nitrogen and oxygen atoms in total. The molecule has 0 aliphatic rings. The fourth-order valence-corrected chi connectivity index (χ4v) is 3.48. The van der Waals surface area contributed by atoms with E-state index in [-0.39, 0.29) is 62.0 Å². The maximum Gasteiger partial charge on any atom is 0.338 e. The highest BCUT2D eigenvalue weighted by Gasteiger charge is 2.20. The molecule has 0 aliphatic carbocycles. The van der Waals surface area contributed by atoms with Crippen molar-refractivity contribution in [2.45, 2.75) is 27.7 Å². The van der Waals surface area contributed by atoms with Crippen molar-refractivity contribution in [3.05, 3.63) is 120 Å². The third-order valence-corrected chi connectivity index (χ3v) is 5.99. The second-order valence-corrected chi connectivity index (χ2v) is 10.2. The van der Waals surface area contributed by atoms with E-state index in [9.17, 15) is 19.2 Å². The molecule has 10 heteroatoms. The normalized spacial score (nSPS) is 10.6. The highest BCUT2D eigenvalue weighted by molar-refractivity contribution is 5.92. The predicted molar refractivity (Wildman–Crippen MR) is 169 cm³/mol. The van der Waals surface area contributed by atoms with Gasteiger partial charge in [0.15, 0.2) is 34.6 Å². The first-order valence-corrected chi connectivity index (χ1v) is 13.5. The molecule has 0 saturated carbocycles. The molecule has 0 fully saturated rings. The van der Waals surface area contributed by atoms with Crippen molar-refractivity contribution in [2.75, 3.05) is 0 Å². The van der Waals surface area contributed by atoms with Gasteiger partial charge in [-0.25, -0.2) is 28.0 Å². The van der Waals surface area contributed by atoms with Gasteiger partial charge in [-0.3, -0.25) is 0 Å². The van der Waals surface area contributed by atoms with Crippen molar-refractivity contribution in [3.8, 4) is 34.1 Å². The molecule has 0 unspecified atom stereocenters. The standard InChI is InChI=1S/C36H30F2O8/c1-19(2)33(39)43-27-15-10-23(17-29(27)45-35(41)21(5)6)9-11-24-12-14-26(32(38)31(24)37)25-13-16-28(44-34(40)20(3)4)30(18-25)46-36(42)22(7)8/h9-18H,1,3,5,7H2,2,4,6,8H3/b11-9+. The molecule has 3 aromatic rings. The fraction of sp³-hybridized carbons (Fsp3) is 0.111. The van der Waals surface area contributed by atoms with E-state index in [1.807, 2.05) is 0 Å². The summed E-state index contributed by atoms with van der Waals surface area (Å²) in [4.78, 5) is 48.5. The molecule has 3 rings (SSSR count). The Bertz CT molecular complexity index is 1850. The van der Waals surface area contributed by atoms with Crippen LogP contribution in [0.5, 0.6) is 23.0 Å². The number of hydrogen-bond acceptors (Lipinski definition) is 8. The Kier molecular flexibility index (Phi) is 11.1. The van der Waals surface area contributed by atoms with Gasteiger partial charge in [-0.15, -0.1) is 0 Å². The zero-order chi connectivity index (χ0) is 34.3. The van der Waals surface area contributed by atoms with E-state index in [4.69, 9.17) is 18.9 Å². The predicted octanol–water partition coefficient (Wildman–Crippen LogP) is 7.73. The lowest BCUT2D eigenvalue weighted by molar-refractivity contribution is -0.132. The van der Waals surface area contributed by atoms with E-state index in [1.165, 1.54) is 88.4 Å². The number of ether oxygens (including phenoxy) is 4. The Morgan fingerprint density at radius 2 is 0.978 bits per heavy atom. The van der Waals surface area contributed by atoms with Crippen LogP contribution in [0.2, 0.25) is 0 Å². The molecule has 0 heterocycles. The Balaban J connectivity index is 1.98. The second kappa shape index (κ2) is 14.7. The highest BCUT2D eigenvalue weighted by Crippen LogP contribution is 2.36. The maximum atomic E-state index is 15.4. The lowest BCUT2D eigenvalue weighted by Crippen LogP contribution is -2.13. The van der Waals surface area contributed by atoms with Crippen molar-refractivity contribution in [3.63, 3.8) is 0 Å². The van der Waals surface area contributed by atoms with Gasteiger partial charge in [0.2, 0.25) is 0 Å². The van der Waals surface area contributed by atoms with E-state index < -0.39 is 35.5 Å². The Morgan fingerprint density at radius 3 is 1.46 bits per heavy atom. The molecule has 236 valence electrons. The summed E-state index contributed by atoms with van der Waals surface area (Å²) in [5.41, 5.74) is 0.581. The van der Waals surface area contributed by atoms with Crippen molar-refractivity contribution in [2.24, 2.45) is 0 Å². The molecule has 46 heavy (non-hydrogen) atoms. The van der Waals surface area contributed by atoms with Gasteiger partial charge in [-0.05, 0) is 63.1 Å². The number of carbonyl (C=O) groups is 4. The topological polar surface area (TPSA) is 105 Å². The molecule has 0 spiro atoms. The summed E-state index contributed by atoms with van der Waals surface area (Å²) in [6, 6.07) is 10.8. The van der Waals surface area contributed by atoms with Crippen molar-refractivity contribution < 1.29 is 46.9 Å². The number of esters is 4. The van der Waals surface area contributed by atoms with Gasteiger partial charge < -0.3 is 18.9 Å². The quantitative estimate of drug-likeness (QED) is 0.0920. The molecule has 0 saturated heterocycles. The number of carbonyl (C=O) groups excluding carboxylic acids is 4. The summed E-state index contributed by atoms with van der Waals surface area (Å²) >= 11 is 0.